The maximum Gasteiger partial charge on any atom is 0.417 e. The van der Waals surface area contributed by atoms with Gasteiger partial charge in [-0.25, -0.2) is 15.0 Å². The summed E-state index contributed by atoms with van der Waals surface area (Å²) in [5.74, 6) is -0.257. The Morgan fingerprint density at radius 1 is 1.33 bits per heavy atom. The summed E-state index contributed by atoms with van der Waals surface area (Å²) in [6, 6.07) is 2.34. The Hall–Kier alpha value is -2.75. The van der Waals surface area contributed by atoms with E-state index in [1.165, 1.54) is 19.2 Å². The Morgan fingerprint density at radius 3 is 2.77 bits per heavy atom. The molecule has 3 rings (SSSR count). The van der Waals surface area contributed by atoms with Crippen molar-refractivity contribution in [3.8, 4) is 0 Å². The molecule has 0 aliphatic carbocycles. The summed E-state index contributed by atoms with van der Waals surface area (Å²) in [4.78, 5) is 37.4. The molecule has 1 aliphatic heterocycles. The average molecular weight is 442 g/mol. The third kappa shape index (κ3) is 5.44. The van der Waals surface area contributed by atoms with Crippen LogP contribution in [0.25, 0.3) is 0 Å². The monoisotopic (exact) mass is 441 g/mol. The molecule has 0 bridgehead atoms. The second-order valence-corrected chi connectivity index (χ2v) is 7.46. The molecule has 3 heterocycles. The average Bonchev–Trinajstić information content (AvgIpc) is 2.67. The third-order valence-electron chi connectivity index (χ3n) is 4.67. The number of anilines is 2. The highest BCUT2D eigenvalue weighted by atomic mass is 35.5. The minimum Gasteiger partial charge on any atom is -0.355 e. The number of nitrogens with zero attached hydrogens (tertiary/aromatic N) is 4. The van der Waals surface area contributed by atoms with Crippen molar-refractivity contribution in [3.05, 3.63) is 40.8 Å². The Kier molecular flexibility index (Phi) is 6.55. The first-order chi connectivity index (χ1) is 14.1. The topological polar surface area (TPSA) is 88.1 Å². The van der Waals surface area contributed by atoms with Crippen LogP contribution in [-0.2, 0) is 11.0 Å². The first-order valence-corrected chi connectivity index (χ1v) is 9.63. The Morgan fingerprint density at radius 2 is 2.10 bits per heavy atom. The van der Waals surface area contributed by atoms with Gasteiger partial charge >= 0.3 is 6.18 Å². The van der Waals surface area contributed by atoms with Gasteiger partial charge in [-0.3, -0.25) is 14.9 Å². The number of alkyl halides is 3. The largest absolute Gasteiger partial charge is 0.417 e. The van der Waals surface area contributed by atoms with Crippen molar-refractivity contribution in [2.75, 3.05) is 23.3 Å². The number of halogens is 4. The molecule has 1 atom stereocenters. The first-order valence-electron chi connectivity index (χ1n) is 9.25. The van der Waals surface area contributed by atoms with Crippen LogP contribution in [0.1, 0.15) is 42.2 Å². The zero-order valence-electron chi connectivity index (χ0n) is 16.0. The number of aromatic nitrogens is 3. The van der Waals surface area contributed by atoms with E-state index >= 15 is 0 Å². The quantitative estimate of drug-likeness (QED) is 0.706. The number of hydrogen-bond acceptors (Lipinski definition) is 6. The lowest BCUT2D eigenvalue weighted by molar-refractivity contribution is -0.137. The van der Waals surface area contributed by atoms with Crippen LogP contribution in [-0.4, -0.2) is 39.7 Å². The van der Waals surface area contributed by atoms with E-state index in [0.29, 0.717) is 13.1 Å². The Balaban J connectivity index is 1.68. The van der Waals surface area contributed by atoms with E-state index in [4.69, 9.17) is 11.6 Å². The summed E-state index contributed by atoms with van der Waals surface area (Å²) in [6.07, 6.45) is -0.627. The lowest BCUT2D eigenvalue weighted by Crippen LogP contribution is -2.37. The molecule has 11 heteroatoms. The standard InChI is InChI=1S/C19H19ClF3N5O2/c1-11(29)26-18-24-5-4-15(27-18)16(30)7-12-3-2-6-28(10-12)17-14(20)8-13(9-25-17)19(21,22)23/h4-5,8-9,12H,2-3,6-7,10H2,1H3,(H,24,26,27,29)/t12-/m0/s1. The summed E-state index contributed by atoms with van der Waals surface area (Å²) >= 11 is 6.05. The van der Waals surface area contributed by atoms with Crippen molar-refractivity contribution in [3.63, 3.8) is 0 Å². The second-order valence-electron chi connectivity index (χ2n) is 7.06. The molecule has 30 heavy (non-hydrogen) atoms. The third-order valence-corrected chi connectivity index (χ3v) is 4.95. The van der Waals surface area contributed by atoms with Crippen LogP contribution in [0.4, 0.5) is 24.9 Å². The van der Waals surface area contributed by atoms with Gasteiger partial charge in [0.25, 0.3) is 0 Å². The van der Waals surface area contributed by atoms with Crippen LogP contribution >= 0.6 is 11.6 Å². The van der Waals surface area contributed by atoms with Gasteiger partial charge in [0.05, 0.1) is 10.6 Å². The number of rotatable bonds is 5. The van der Waals surface area contributed by atoms with Crippen molar-refractivity contribution in [1.82, 2.24) is 15.0 Å². The van der Waals surface area contributed by atoms with Gasteiger partial charge in [0.2, 0.25) is 11.9 Å². The predicted molar refractivity (Wildman–Crippen MR) is 104 cm³/mol. The van der Waals surface area contributed by atoms with Crippen LogP contribution in [0.2, 0.25) is 5.02 Å². The molecule has 0 unspecified atom stereocenters. The van der Waals surface area contributed by atoms with Crippen molar-refractivity contribution in [1.29, 1.82) is 0 Å². The Bertz CT molecular complexity index is 954. The predicted octanol–water partition coefficient (Wildman–Crippen LogP) is 3.99. The normalized spacial score (nSPS) is 17.0. The first kappa shape index (κ1) is 21.9. The molecule has 160 valence electrons. The molecule has 0 spiro atoms. The Labute approximate surface area is 175 Å². The summed E-state index contributed by atoms with van der Waals surface area (Å²) in [5.41, 5.74) is -0.713. The fourth-order valence-electron chi connectivity index (χ4n) is 3.34. The lowest BCUT2D eigenvalue weighted by atomic mass is 9.92. The van der Waals surface area contributed by atoms with Crippen molar-refractivity contribution in [2.24, 2.45) is 5.92 Å². The molecule has 1 N–H and O–H groups in total. The zero-order valence-corrected chi connectivity index (χ0v) is 16.8. The van der Waals surface area contributed by atoms with Crippen LogP contribution in [0.5, 0.6) is 0 Å². The highest BCUT2D eigenvalue weighted by Crippen LogP contribution is 2.35. The number of carbonyl (C=O) groups is 2. The van der Waals surface area contributed by atoms with Gasteiger partial charge < -0.3 is 4.90 Å². The van der Waals surface area contributed by atoms with E-state index in [1.807, 2.05) is 0 Å². The molecule has 1 fully saturated rings. The number of Topliss-reactive ketones (excluding diaryl/α,β-unsaturated/α-hetero) is 1. The molecule has 2 aromatic rings. The fourth-order valence-corrected chi connectivity index (χ4v) is 3.63. The molecule has 7 nitrogen and oxygen atoms in total. The molecular formula is C19H19ClF3N5O2. The van der Waals surface area contributed by atoms with Crippen molar-refractivity contribution < 1.29 is 22.8 Å². The summed E-state index contributed by atoms with van der Waals surface area (Å²) < 4.78 is 38.5. The molecule has 2 aromatic heterocycles. The minimum atomic E-state index is -4.51. The summed E-state index contributed by atoms with van der Waals surface area (Å²) in [6.45, 7) is 2.34. The highest BCUT2D eigenvalue weighted by Gasteiger charge is 2.32. The molecule has 1 aliphatic rings. The number of carbonyl (C=O) groups excluding carboxylic acids is 2. The molecule has 0 aromatic carbocycles. The molecule has 0 radical (unpaired) electrons. The number of nitrogens with one attached hydrogen (secondary N) is 1. The van der Waals surface area contributed by atoms with E-state index in [0.717, 1.165) is 25.1 Å². The molecular weight excluding hydrogens is 423 g/mol. The van der Waals surface area contributed by atoms with Crippen molar-refractivity contribution in [2.45, 2.75) is 32.4 Å². The van der Waals surface area contributed by atoms with E-state index in [-0.39, 0.29) is 46.5 Å². The summed E-state index contributed by atoms with van der Waals surface area (Å²) in [7, 11) is 0. The number of pyridine rings is 1. The molecule has 1 saturated heterocycles. The smallest absolute Gasteiger partial charge is 0.355 e. The van der Waals surface area contributed by atoms with E-state index in [9.17, 15) is 22.8 Å². The molecule has 1 amide bonds. The number of hydrogen-bond donors (Lipinski definition) is 1. The van der Waals surface area contributed by atoms with E-state index in [2.05, 4.69) is 20.3 Å². The highest BCUT2D eigenvalue weighted by molar-refractivity contribution is 6.33. The minimum absolute atomic E-state index is 0.0365. The van der Waals surface area contributed by atoms with Gasteiger partial charge in [-0.2, -0.15) is 13.2 Å². The van der Waals surface area contributed by atoms with Crippen LogP contribution in [0.3, 0.4) is 0 Å². The SMILES string of the molecule is CC(=O)Nc1nccc(C(=O)C[C@@H]2CCCN(c3ncc(C(F)(F)F)cc3Cl)C2)n1. The van der Waals surface area contributed by atoms with Gasteiger partial charge in [-0.1, -0.05) is 11.6 Å². The summed E-state index contributed by atoms with van der Waals surface area (Å²) in [5, 5.41) is 2.35. The van der Waals surface area contributed by atoms with Gasteiger partial charge in [0.15, 0.2) is 5.78 Å². The van der Waals surface area contributed by atoms with Crippen LogP contribution in [0.15, 0.2) is 24.5 Å². The number of amides is 1. The van der Waals surface area contributed by atoms with Gasteiger partial charge in [-0.05, 0) is 30.9 Å². The van der Waals surface area contributed by atoms with Gasteiger partial charge in [0.1, 0.15) is 11.5 Å². The number of piperidine rings is 1. The molecule has 0 saturated carbocycles. The van der Waals surface area contributed by atoms with Crippen LogP contribution < -0.4 is 10.2 Å². The zero-order chi connectivity index (χ0) is 21.9. The maximum absolute atomic E-state index is 12.8. The van der Waals surface area contributed by atoms with E-state index < -0.39 is 11.7 Å². The van der Waals surface area contributed by atoms with Crippen LogP contribution in [0, 0.1) is 5.92 Å². The maximum atomic E-state index is 12.8. The fraction of sp³-hybridized carbons (Fsp3) is 0.421. The second kappa shape index (κ2) is 8.95. The van der Waals surface area contributed by atoms with E-state index in [1.54, 1.807) is 4.90 Å². The van der Waals surface area contributed by atoms with Gasteiger partial charge in [0, 0.05) is 38.8 Å². The number of ketones is 1. The lowest BCUT2D eigenvalue weighted by Gasteiger charge is -2.34. The van der Waals surface area contributed by atoms with Crippen molar-refractivity contribution >= 4 is 35.1 Å². The van der Waals surface area contributed by atoms with Gasteiger partial charge in [-0.15, -0.1) is 0 Å².